The summed E-state index contributed by atoms with van der Waals surface area (Å²) in [6.07, 6.45) is 5.00. The molecule has 0 aliphatic heterocycles. The Bertz CT molecular complexity index is 498. The van der Waals surface area contributed by atoms with Gasteiger partial charge in [-0.15, -0.1) is 0 Å². The molecule has 1 N–H and O–H groups in total. The van der Waals surface area contributed by atoms with Crippen molar-refractivity contribution >= 4 is 11.9 Å². The molecule has 2 aromatic heterocycles. The zero-order valence-corrected chi connectivity index (χ0v) is 8.71. The molecule has 0 aliphatic carbocycles. The van der Waals surface area contributed by atoms with E-state index < -0.39 is 0 Å². The largest absolute Gasteiger partial charge is 0.295 e. The van der Waals surface area contributed by atoms with Crippen molar-refractivity contribution < 1.29 is 4.79 Å². The van der Waals surface area contributed by atoms with E-state index in [0.29, 0.717) is 5.95 Å². The van der Waals surface area contributed by atoms with Gasteiger partial charge in [-0.05, 0) is 18.2 Å². The molecule has 0 spiro atoms. The first-order valence-corrected chi connectivity index (χ1v) is 4.77. The first kappa shape index (κ1) is 10.2. The molecule has 0 atom stereocenters. The first-order chi connectivity index (χ1) is 7.75. The molecular formula is C11H10N4O. The molecule has 5 heteroatoms. The second-order valence-corrected chi connectivity index (χ2v) is 3.19. The maximum Gasteiger partial charge on any atom is 0.229 e. The SMILES string of the molecule is CC(=O)Nc1nccc(-c2cccnc2)n1. The van der Waals surface area contributed by atoms with Crippen LogP contribution in [-0.2, 0) is 4.79 Å². The van der Waals surface area contributed by atoms with E-state index in [1.165, 1.54) is 6.92 Å². The Morgan fingerprint density at radius 3 is 2.88 bits per heavy atom. The van der Waals surface area contributed by atoms with Gasteiger partial charge in [-0.25, -0.2) is 9.97 Å². The summed E-state index contributed by atoms with van der Waals surface area (Å²) in [6.45, 7) is 1.42. The first-order valence-electron chi connectivity index (χ1n) is 4.77. The summed E-state index contributed by atoms with van der Waals surface area (Å²) in [4.78, 5) is 23.0. The van der Waals surface area contributed by atoms with Crippen LogP contribution in [0.15, 0.2) is 36.8 Å². The van der Waals surface area contributed by atoms with Crippen LogP contribution in [0, 0.1) is 0 Å². The summed E-state index contributed by atoms with van der Waals surface area (Å²) < 4.78 is 0. The summed E-state index contributed by atoms with van der Waals surface area (Å²) in [7, 11) is 0. The number of carbonyl (C=O) groups excluding carboxylic acids is 1. The molecule has 0 radical (unpaired) electrons. The predicted octanol–water partition coefficient (Wildman–Crippen LogP) is 1.50. The van der Waals surface area contributed by atoms with Crippen LogP contribution in [0.1, 0.15) is 6.92 Å². The highest BCUT2D eigenvalue weighted by Crippen LogP contribution is 2.15. The van der Waals surface area contributed by atoms with Crippen LogP contribution >= 0.6 is 0 Å². The van der Waals surface area contributed by atoms with Crippen molar-refractivity contribution in [2.24, 2.45) is 0 Å². The summed E-state index contributed by atoms with van der Waals surface area (Å²) in [5.41, 5.74) is 1.61. The highest BCUT2D eigenvalue weighted by molar-refractivity contribution is 5.86. The summed E-state index contributed by atoms with van der Waals surface area (Å²) in [5.74, 6) is 0.109. The predicted molar refractivity (Wildman–Crippen MR) is 59.6 cm³/mol. The Hall–Kier alpha value is -2.30. The van der Waals surface area contributed by atoms with Gasteiger partial charge < -0.3 is 0 Å². The fourth-order valence-corrected chi connectivity index (χ4v) is 1.25. The topological polar surface area (TPSA) is 67.8 Å². The number of carbonyl (C=O) groups is 1. The maximum absolute atomic E-state index is 10.9. The van der Waals surface area contributed by atoms with Gasteiger partial charge in [0.1, 0.15) is 0 Å². The number of aromatic nitrogens is 3. The number of hydrogen-bond acceptors (Lipinski definition) is 4. The average Bonchev–Trinajstić information content (AvgIpc) is 2.30. The van der Waals surface area contributed by atoms with Crippen LogP contribution in [-0.4, -0.2) is 20.9 Å². The Labute approximate surface area is 92.6 Å². The van der Waals surface area contributed by atoms with Gasteiger partial charge in [-0.1, -0.05) is 0 Å². The molecule has 0 bridgehead atoms. The van der Waals surface area contributed by atoms with Crippen molar-refractivity contribution in [3.05, 3.63) is 36.8 Å². The molecule has 0 aliphatic rings. The van der Waals surface area contributed by atoms with Crippen LogP contribution in [0.3, 0.4) is 0 Å². The lowest BCUT2D eigenvalue weighted by Crippen LogP contribution is -2.09. The number of nitrogens with one attached hydrogen (secondary N) is 1. The number of pyridine rings is 1. The lowest BCUT2D eigenvalue weighted by atomic mass is 10.2. The number of rotatable bonds is 2. The third-order valence-corrected chi connectivity index (χ3v) is 1.90. The summed E-state index contributed by atoms with van der Waals surface area (Å²) in [6, 6.07) is 5.49. The zero-order valence-electron chi connectivity index (χ0n) is 8.71. The third kappa shape index (κ3) is 2.38. The Kier molecular flexibility index (Phi) is 2.86. The van der Waals surface area contributed by atoms with Crippen molar-refractivity contribution in [1.29, 1.82) is 0 Å². The van der Waals surface area contributed by atoms with Gasteiger partial charge >= 0.3 is 0 Å². The molecule has 2 aromatic rings. The highest BCUT2D eigenvalue weighted by Gasteiger charge is 2.02. The number of hydrogen-bond donors (Lipinski definition) is 1. The summed E-state index contributed by atoms with van der Waals surface area (Å²) in [5, 5.41) is 2.53. The van der Waals surface area contributed by atoms with E-state index in [1.807, 2.05) is 12.1 Å². The van der Waals surface area contributed by atoms with Crippen molar-refractivity contribution in [2.45, 2.75) is 6.92 Å². The molecular weight excluding hydrogens is 204 g/mol. The third-order valence-electron chi connectivity index (χ3n) is 1.90. The molecule has 0 fully saturated rings. The van der Waals surface area contributed by atoms with E-state index in [2.05, 4.69) is 20.3 Å². The van der Waals surface area contributed by atoms with Gasteiger partial charge in [-0.3, -0.25) is 15.1 Å². The number of amides is 1. The van der Waals surface area contributed by atoms with Gasteiger partial charge in [-0.2, -0.15) is 0 Å². The minimum atomic E-state index is -0.191. The van der Waals surface area contributed by atoms with Crippen LogP contribution < -0.4 is 5.32 Å². The molecule has 0 saturated carbocycles. The Morgan fingerprint density at radius 1 is 1.31 bits per heavy atom. The standard InChI is InChI=1S/C11H10N4O/c1-8(16)14-11-13-6-4-10(15-11)9-3-2-5-12-7-9/h2-7H,1H3,(H,13,14,15,16). The average molecular weight is 214 g/mol. The molecule has 0 unspecified atom stereocenters. The van der Waals surface area contributed by atoms with Crippen molar-refractivity contribution in [2.75, 3.05) is 5.32 Å². The van der Waals surface area contributed by atoms with E-state index in [4.69, 9.17) is 0 Å². The highest BCUT2D eigenvalue weighted by atomic mass is 16.1. The molecule has 16 heavy (non-hydrogen) atoms. The molecule has 80 valence electrons. The number of nitrogens with zero attached hydrogens (tertiary/aromatic N) is 3. The minimum Gasteiger partial charge on any atom is -0.295 e. The quantitative estimate of drug-likeness (QED) is 0.822. The van der Waals surface area contributed by atoms with E-state index in [-0.39, 0.29) is 5.91 Å². The Morgan fingerprint density at radius 2 is 2.19 bits per heavy atom. The van der Waals surface area contributed by atoms with E-state index >= 15 is 0 Å². The molecule has 5 nitrogen and oxygen atoms in total. The van der Waals surface area contributed by atoms with Crippen LogP contribution in [0.5, 0.6) is 0 Å². The van der Waals surface area contributed by atoms with E-state index in [0.717, 1.165) is 11.3 Å². The fourth-order valence-electron chi connectivity index (χ4n) is 1.25. The molecule has 0 aromatic carbocycles. The molecule has 2 heterocycles. The van der Waals surface area contributed by atoms with Crippen molar-refractivity contribution in [3.63, 3.8) is 0 Å². The van der Waals surface area contributed by atoms with Crippen molar-refractivity contribution in [3.8, 4) is 11.3 Å². The smallest absolute Gasteiger partial charge is 0.229 e. The van der Waals surface area contributed by atoms with Gasteiger partial charge in [0.25, 0.3) is 0 Å². The van der Waals surface area contributed by atoms with E-state index in [9.17, 15) is 4.79 Å². The lowest BCUT2D eigenvalue weighted by Gasteiger charge is -2.03. The van der Waals surface area contributed by atoms with Crippen LogP contribution in [0.25, 0.3) is 11.3 Å². The van der Waals surface area contributed by atoms with Gasteiger partial charge in [0.2, 0.25) is 11.9 Å². The van der Waals surface area contributed by atoms with Crippen LogP contribution in [0.4, 0.5) is 5.95 Å². The van der Waals surface area contributed by atoms with Gasteiger partial charge in [0, 0.05) is 31.1 Å². The zero-order chi connectivity index (χ0) is 11.4. The molecule has 0 saturated heterocycles. The second-order valence-electron chi connectivity index (χ2n) is 3.19. The summed E-state index contributed by atoms with van der Waals surface area (Å²) >= 11 is 0. The minimum absolute atomic E-state index is 0.191. The van der Waals surface area contributed by atoms with E-state index in [1.54, 1.807) is 24.7 Å². The molecule has 1 amide bonds. The fraction of sp³-hybridized carbons (Fsp3) is 0.0909. The van der Waals surface area contributed by atoms with Crippen molar-refractivity contribution in [1.82, 2.24) is 15.0 Å². The van der Waals surface area contributed by atoms with Gasteiger partial charge in [0.15, 0.2) is 0 Å². The maximum atomic E-state index is 10.9. The Balaban J connectivity index is 2.33. The lowest BCUT2D eigenvalue weighted by molar-refractivity contribution is -0.114. The second kappa shape index (κ2) is 4.48. The molecule has 2 rings (SSSR count). The van der Waals surface area contributed by atoms with Gasteiger partial charge in [0.05, 0.1) is 5.69 Å². The normalized spacial score (nSPS) is 9.81. The monoisotopic (exact) mass is 214 g/mol. The van der Waals surface area contributed by atoms with Crippen LogP contribution in [0.2, 0.25) is 0 Å². The number of anilines is 1.